The van der Waals surface area contributed by atoms with Crippen molar-refractivity contribution in [3.05, 3.63) is 108 Å². The first-order valence-electron chi connectivity index (χ1n) is 7.62. The standard InChI is InChI=1S/C21H17N/c1-3-9-17(10-4-1)19-15-16-22(18-11-5-2-6-12-18)21-14-8-7-13-20(19)21/h1-12,14-16H,13H2. The molecule has 0 unspecified atom stereocenters. The molecule has 0 saturated carbocycles. The highest BCUT2D eigenvalue weighted by molar-refractivity contribution is 5.85. The Bertz CT molecular complexity index is 792. The summed E-state index contributed by atoms with van der Waals surface area (Å²) in [5, 5.41) is 0. The van der Waals surface area contributed by atoms with Crippen LogP contribution in [0, 0.1) is 0 Å². The van der Waals surface area contributed by atoms with Crippen molar-refractivity contribution in [3.63, 3.8) is 0 Å². The van der Waals surface area contributed by atoms with E-state index < -0.39 is 0 Å². The molecule has 0 atom stereocenters. The predicted octanol–water partition coefficient (Wildman–Crippen LogP) is 5.32. The van der Waals surface area contributed by atoms with Gasteiger partial charge in [-0.1, -0.05) is 60.7 Å². The molecule has 1 aliphatic heterocycles. The lowest BCUT2D eigenvalue weighted by molar-refractivity contribution is 1.07. The van der Waals surface area contributed by atoms with Crippen LogP contribution < -0.4 is 4.90 Å². The van der Waals surface area contributed by atoms with Gasteiger partial charge in [0.05, 0.1) is 0 Å². The third-order valence-electron chi connectivity index (χ3n) is 4.12. The van der Waals surface area contributed by atoms with Crippen molar-refractivity contribution in [1.82, 2.24) is 0 Å². The summed E-state index contributed by atoms with van der Waals surface area (Å²) in [5.41, 5.74) is 6.46. The average molecular weight is 283 g/mol. The summed E-state index contributed by atoms with van der Waals surface area (Å²) in [6.45, 7) is 0. The van der Waals surface area contributed by atoms with Crippen LogP contribution in [0.3, 0.4) is 0 Å². The molecule has 1 aliphatic carbocycles. The molecule has 2 aromatic rings. The molecule has 0 saturated heterocycles. The van der Waals surface area contributed by atoms with Gasteiger partial charge in [-0.05, 0) is 47.4 Å². The number of para-hydroxylation sites is 1. The maximum absolute atomic E-state index is 2.27. The topological polar surface area (TPSA) is 3.24 Å². The van der Waals surface area contributed by atoms with E-state index in [0.717, 1.165) is 6.42 Å². The third-order valence-corrected chi connectivity index (χ3v) is 4.12. The Labute approximate surface area is 131 Å². The molecule has 106 valence electrons. The van der Waals surface area contributed by atoms with Gasteiger partial charge in [0.2, 0.25) is 0 Å². The fourth-order valence-corrected chi connectivity index (χ4v) is 3.06. The van der Waals surface area contributed by atoms with Crippen molar-refractivity contribution >= 4 is 11.3 Å². The minimum atomic E-state index is 0.976. The summed E-state index contributed by atoms with van der Waals surface area (Å²) in [7, 11) is 0. The molecule has 0 bridgehead atoms. The number of rotatable bonds is 2. The molecule has 1 heterocycles. The van der Waals surface area contributed by atoms with E-state index >= 15 is 0 Å². The molecule has 0 N–H and O–H groups in total. The summed E-state index contributed by atoms with van der Waals surface area (Å²) in [6.07, 6.45) is 12.0. The lowest BCUT2D eigenvalue weighted by atomic mass is 9.90. The molecule has 4 rings (SSSR count). The quantitative estimate of drug-likeness (QED) is 0.721. The van der Waals surface area contributed by atoms with Gasteiger partial charge < -0.3 is 4.90 Å². The zero-order valence-corrected chi connectivity index (χ0v) is 12.3. The molecule has 1 heteroatoms. The Morgan fingerprint density at radius 1 is 0.818 bits per heavy atom. The van der Waals surface area contributed by atoms with Gasteiger partial charge in [0.25, 0.3) is 0 Å². The van der Waals surface area contributed by atoms with Crippen LogP contribution in [0.1, 0.15) is 12.0 Å². The number of anilines is 1. The van der Waals surface area contributed by atoms with Crippen LogP contribution in [0.2, 0.25) is 0 Å². The minimum Gasteiger partial charge on any atom is -0.317 e. The smallest absolute Gasteiger partial charge is 0.0496 e. The summed E-state index contributed by atoms with van der Waals surface area (Å²) < 4.78 is 0. The molecule has 0 aromatic heterocycles. The molecule has 2 aliphatic rings. The van der Waals surface area contributed by atoms with E-state index in [4.69, 9.17) is 0 Å². The van der Waals surface area contributed by atoms with E-state index in [9.17, 15) is 0 Å². The van der Waals surface area contributed by atoms with E-state index in [1.165, 1.54) is 28.1 Å². The van der Waals surface area contributed by atoms with Gasteiger partial charge in [0, 0.05) is 17.6 Å². The van der Waals surface area contributed by atoms with Crippen LogP contribution >= 0.6 is 0 Å². The lowest BCUT2D eigenvalue weighted by Crippen LogP contribution is -2.21. The fraction of sp³-hybridized carbons (Fsp3) is 0.0476. The van der Waals surface area contributed by atoms with Crippen molar-refractivity contribution in [2.45, 2.75) is 6.42 Å². The Kier molecular flexibility index (Phi) is 3.24. The third kappa shape index (κ3) is 2.21. The molecular weight excluding hydrogens is 266 g/mol. The maximum Gasteiger partial charge on any atom is 0.0496 e. The number of fused-ring (bicyclic) bond motifs is 1. The number of nitrogens with zero attached hydrogens (tertiary/aromatic N) is 1. The molecule has 0 amide bonds. The first-order valence-corrected chi connectivity index (χ1v) is 7.62. The SMILES string of the molecule is C1=CCC2=C(c3ccccc3)C=CN(c3ccccc3)C2=C1. The molecule has 0 fully saturated rings. The highest BCUT2D eigenvalue weighted by atomic mass is 15.1. The van der Waals surface area contributed by atoms with E-state index in [-0.39, 0.29) is 0 Å². The Hall–Kier alpha value is -2.80. The molecule has 22 heavy (non-hydrogen) atoms. The highest BCUT2D eigenvalue weighted by Crippen LogP contribution is 2.37. The number of hydrogen-bond acceptors (Lipinski definition) is 1. The molecule has 0 spiro atoms. The minimum absolute atomic E-state index is 0.976. The second kappa shape index (κ2) is 5.53. The number of hydrogen-bond donors (Lipinski definition) is 0. The van der Waals surface area contributed by atoms with Crippen LogP contribution in [-0.2, 0) is 0 Å². The van der Waals surface area contributed by atoms with Crippen LogP contribution in [-0.4, -0.2) is 0 Å². The van der Waals surface area contributed by atoms with Gasteiger partial charge in [0.1, 0.15) is 0 Å². The summed E-state index contributed by atoms with van der Waals surface area (Å²) in [5.74, 6) is 0. The van der Waals surface area contributed by atoms with E-state index in [2.05, 4.69) is 96.1 Å². The van der Waals surface area contributed by atoms with Crippen LogP contribution in [0.5, 0.6) is 0 Å². The molecular formula is C21H17N. The second-order valence-electron chi connectivity index (χ2n) is 5.46. The normalized spacial score (nSPS) is 16.5. The number of benzene rings is 2. The average Bonchev–Trinajstić information content (AvgIpc) is 2.62. The maximum atomic E-state index is 2.27. The Balaban J connectivity index is 1.82. The lowest BCUT2D eigenvalue weighted by Gasteiger charge is -2.31. The first-order chi connectivity index (χ1) is 10.9. The highest BCUT2D eigenvalue weighted by Gasteiger charge is 2.21. The van der Waals surface area contributed by atoms with Crippen molar-refractivity contribution in [3.8, 4) is 0 Å². The second-order valence-corrected chi connectivity index (χ2v) is 5.46. The van der Waals surface area contributed by atoms with Crippen molar-refractivity contribution in [1.29, 1.82) is 0 Å². The van der Waals surface area contributed by atoms with Crippen LogP contribution in [0.15, 0.2) is 102 Å². The van der Waals surface area contributed by atoms with Gasteiger partial charge in [0.15, 0.2) is 0 Å². The summed E-state index contributed by atoms with van der Waals surface area (Å²) >= 11 is 0. The van der Waals surface area contributed by atoms with E-state index in [1.54, 1.807) is 0 Å². The van der Waals surface area contributed by atoms with Gasteiger partial charge in [-0.25, -0.2) is 0 Å². The Morgan fingerprint density at radius 3 is 2.32 bits per heavy atom. The van der Waals surface area contributed by atoms with Crippen molar-refractivity contribution < 1.29 is 0 Å². The van der Waals surface area contributed by atoms with Crippen LogP contribution in [0.25, 0.3) is 5.57 Å². The van der Waals surface area contributed by atoms with Gasteiger partial charge >= 0.3 is 0 Å². The van der Waals surface area contributed by atoms with Crippen molar-refractivity contribution in [2.75, 3.05) is 4.90 Å². The first kappa shape index (κ1) is 12.9. The molecule has 0 radical (unpaired) electrons. The van der Waals surface area contributed by atoms with Crippen molar-refractivity contribution in [2.24, 2.45) is 0 Å². The van der Waals surface area contributed by atoms with E-state index in [1.807, 2.05) is 0 Å². The molecule has 1 nitrogen and oxygen atoms in total. The number of allylic oxidation sites excluding steroid dienone is 6. The van der Waals surface area contributed by atoms with Gasteiger partial charge in [-0.15, -0.1) is 0 Å². The van der Waals surface area contributed by atoms with E-state index in [0.29, 0.717) is 0 Å². The predicted molar refractivity (Wildman–Crippen MR) is 93.3 cm³/mol. The Morgan fingerprint density at radius 2 is 1.55 bits per heavy atom. The molecule has 2 aromatic carbocycles. The monoisotopic (exact) mass is 283 g/mol. The van der Waals surface area contributed by atoms with Crippen LogP contribution in [0.4, 0.5) is 5.69 Å². The zero-order chi connectivity index (χ0) is 14.8. The van der Waals surface area contributed by atoms with Gasteiger partial charge in [-0.3, -0.25) is 0 Å². The van der Waals surface area contributed by atoms with Gasteiger partial charge in [-0.2, -0.15) is 0 Å². The zero-order valence-electron chi connectivity index (χ0n) is 12.3. The fourth-order valence-electron chi connectivity index (χ4n) is 3.06. The largest absolute Gasteiger partial charge is 0.317 e. The summed E-state index contributed by atoms with van der Waals surface area (Å²) in [4.78, 5) is 2.27. The summed E-state index contributed by atoms with van der Waals surface area (Å²) in [6, 6.07) is 21.1.